The van der Waals surface area contributed by atoms with E-state index in [0.29, 0.717) is 0 Å². The molecule has 1 rings (SSSR count). The van der Waals surface area contributed by atoms with Gasteiger partial charge in [0.05, 0.1) is 12.7 Å². The highest BCUT2D eigenvalue weighted by Gasteiger charge is 1.99. The number of hydrogen-bond donors (Lipinski definition) is 2. The average molecular weight is 280 g/mol. The first kappa shape index (κ1) is 17.0. The van der Waals surface area contributed by atoms with E-state index in [9.17, 15) is 0 Å². The van der Waals surface area contributed by atoms with Crippen molar-refractivity contribution in [2.45, 2.75) is 32.9 Å². The molecule has 4 heteroatoms. The summed E-state index contributed by atoms with van der Waals surface area (Å²) in [5, 5.41) is 6.78. The predicted octanol–water partition coefficient (Wildman–Crippen LogP) is 2.19. The Morgan fingerprint density at radius 2 is 1.90 bits per heavy atom. The highest BCUT2D eigenvalue weighted by Crippen LogP contribution is 2.14. The van der Waals surface area contributed by atoms with E-state index in [4.69, 9.17) is 9.47 Å². The summed E-state index contributed by atoms with van der Waals surface area (Å²) >= 11 is 0. The third kappa shape index (κ3) is 8.15. The average Bonchev–Trinajstić information content (AvgIpc) is 2.41. The lowest BCUT2D eigenvalue weighted by atomic mass is 10.2. The van der Waals surface area contributed by atoms with Gasteiger partial charge in [0.2, 0.25) is 0 Å². The fraction of sp³-hybridized carbons (Fsp3) is 0.625. The minimum atomic E-state index is 0.219. The van der Waals surface area contributed by atoms with E-state index in [1.165, 1.54) is 5.56 Å². The van der Waals surface area contributed by atoms with Crippen molar-refractivity contribution in [2.24, 2.45) is 0 Å². The normalized spacial score (nSPS) is 11.0. The second kappa shape index (κ2) is 10.7. The molecule has 0 aliphatic heterocycles. The zero-order chi connectivity index (χ0) is 14.6. The molecule has 0 aliphatic carbocycles. The molecule has 4 nitrogen and oxygen atoms in total. The second-order valence-electron chi connectivity index (χ2n) is 5.09. The van der Waals surface area contributed by atoms with Crippen LogP contribution in [0.3, 0.4) is 0 Å². The van der Waals surface area contributed by atoms with Gasteiger partial charge in [-0.2, -0.15) is 0 Å². The summed E-state index contributed by atoms with van der Waals surface area (Å²) < 4.78 is 10.7. The number of rotatable bonds is 11. The first-order chi connectivity index (χ1) is 9.72. The standard InChI is InChI=1S/C16H28N2O2/c1-14(2)20-16-7-4-6-15(12-16)13-18-9-5-8-17-10-11-19-3/h4,6-7,12,14,17-18H,5,8-11,13H2,1-3H3. The van der Waals surface area contributed by atoms with Crippen LogP contribution < -0.4 is 15.4 Å². The Kier molecular flexibility index (Phi) is 9.04. The van der Waals surface area contributed by atoms with Crippen LogP contribution in [0.4, 0.5) is 0 Å². The van der Waals surface area contributed by atoms with Crippen molar-refractivity contribution in [3.05, 3.63) is 29.8 Å². The molecule has 20 heavy (non-hydrogen) atoms. The zero-order valence-electron chi connectivity index (χ0n) is 12.9. The third-order valence-corrected chi connectivity index (χ3v) is 2.79. The van der Waals surface area contributed by atoms with Crippen LogP contribution in [-0.4, -0.2) is 39.5 Å². The lowest BCUT2D eigenvalue weighted by Crippen LogP contribution is -2.24. The van der Waals surface area contributed by atoms with Gasteiger partial charge >= 0.3 is 0 Å². The van der Waals surface area contributed by atoms with E-state index in [1.807, 2.05) is 26.0 Å². The molecule has 0 aromatic heterocycles. The highest BCUT2D eigenvalue weighted by molar-refractivity contribution is 5.28. The minimum absolute atomic E-state index is 0.219. The predicted molar refractivity (Wildman–Crippen MR) is 83.3 cm³/mol. The Morgan fingerprint density at radius 1 is 1.10 bits per heavy atom. The smallest absolute Gasteiger partial charge is 0.120 e. The van der Waals surface area contributed by atoms with Crippen molar-refractivity contribution in [3.63, 3.8) is 0 Å². The van der Waals surface area contributed by atoms with Crippen LogP contribution in [0, 0.1) is 0 Å². The lowest BCUT2D eigenvalue weighted by Gasteiger charge is -2.11. The van der Waals surface area contributed by atoms with E-state index in [0.717, 1.165) is 45.0 Å². The summed E-state index contributed by atoms with van der Waals surface area (Å²) in [5.41, 5.74) is 1.26. The zero-order valence-corrected chi connectivity index (χ0v) is 12.9. The van der Waals surface area contributed by atoms with Crippen LogP contribution in [0.2, 0.25) is 0 Å². The molecule has 0 spiro atoms. The van der Waals surface area contributed by atoms with Gasteiger partial charge in [-0.1, -0.05) is 12.1 Å². The van der Waals surface area contributed by atoms with Crippen LogP contribution in [-0.2, 0) is 11.3 Å². The molecule has 0 fully saturated rings. The molecule has 2 N–H and O–H groups in total. The van der Waals surface area contributed by atoms with Crippen molar-refractivity contribution in [2.75, 3.05) is 33.4 Å². The Balaban J connectivity index is 2.12. The molecule has 0 heterocycles. The van der Waals surface area contributed by atoms with Gasteiger partial charge in [-0.25, -0.2) is 0 Å². The maximum atomic E-state index is 5.69. The van der Waals surface area contributed by atoms with Crippen molar-refractivity contribution in [1.29, 1.82) is 0 Å². The summed E-state index contributed by atoms with van der Waals surface area (Å²) in [6.07, 6.45) is 1.34. The fourth-order valence-corrected chi connectivity index (χ4v) is 1.87. The van der Waals surface area contributed by atoms with Gasteiger partial charge in [0.1, 0.15) is 5.75 Å². The monoisotopic (exact) mass is 280 g/mol. The maximum Gasteiger partial charge on any atom is 0.120 e. The topological polar surface area (TPSA) is 42.5 Å². The molecule has 0 unspecified atom stereocenters. The summed E-state index contributed by atoms with van der Waals surface area (Å²) in [4.78, 5) is 0. The molecule has 0 saturated heterocycles. The molecule has 0 radical (unpaired) electrons. The van der Waals surface area contributed by atoms with Crippen molar-refractivity contribution >= 4 is 0 Å². The number of methoxy groups -OCH3 is 1. The molecule has 114 valence electrons. The van der Waals surface area contributed by atoms with Gasteiger partial charge in [0.15, 0.2) is 0 Å². The van der Waals surface area contributed by atoms with Gasteiger partial charge in [0.25, 0.3) is 0 Å². The molecular formula is C16H28N2O2. The Morgan fingerprint density at radius 3 is 2.65 bits per heavy atom. The van der Waals surface area contributed by atoms with Gasteiger partial charge in [-0.15, -0.1) is 0 Å². The minimum Gasteiger partial charge on any atom is -0.491 e. The Labute approximate surface area is 122 Å². The second-order valence-corrected chi connectivity index (χ2v) is 5.09. The number of ether oxygens (including phenoxy) is 2. The van der Waals surface area contributed by atoms with Gasteiger partial charge < -0.3 is 20.1 Å². The van der Waals surface area contributed by atoms with Gasteiger partial charge in [-0.05, 0) is 51.1 Å². The van der Waals surface area contributed by atoms with Crippen LogP contribution in [0.25, 0.3) is 0 Å². The first-order valence-electron chi connectivity index (χ1n) is 7.38. The van der Waals surface area contributed by atoms with Crippen molar-refractivity contribution < 1.29 is 9.47 Å². The molecule has 0 aliphatic rings. The lowest BCUT2D eigenvalue weighted by molar-refractivity contribution is 0.199. The van der Waals surface area contributed by atoms with Crippen LogP contribution in [0.5, 0.6) is 5.75 Å². The first-order valence-corrected chi connectivity index (χ1v) is 7.38. The van der Waals surface area contributed by atoms with Gasteiger partial charge in [0, 0.05) is 20.2 Å². The molecular weight excluding hydrogens is 252 g/mol. The summed E-state index contributed by atoms with van der Waals surface area (Å²) in [6.45, 7) is 8.69. The molecule has 1 aromatic carbocycles. The molecule has 0 saturated carbocycles. The number of nitrogens with one attached hydrogen (secondary N) is 2. The van der Waals surface area contributed by atoms with Crippen molar-refractivity contribution in [3.8, 4) is 5.75 Å². The Hall–Kier alpha value is -1.10. The van der Waals surface area contributed by atoms with Crippen molar-refractivity contribution in [1.82, 2.24) is 10.6 Å². The van der Waals surface area contributed by atoms with E-state index in [1.54, 1.807) is 7.11 Å². The quantitative estimate of drug-likeness (QED) is 0.610. The van der Waals surface area contributed by atoms with Crippen LogP contribution >= 0.6 is 0 Å². The molecule has 0 bridgehead atoms. The third-order valence-electron chi connectivity index (χ3n) is 2.79. The molecule has 0 atom stereocenters. The molecule has 1 aromatic rings. The highest BCUT2D eigenvalue weighted by atomic mass is 16.5. The van der Waals surface area contributed by atoms with Gasteiger partial charge in [-0.3, -0.25) is 0 Å². The van der Waals surface area contributed by atoms with E-state index >= 15 is 0 Å². The van der Waals surface area contributed by atoms with Crippen LogP contribution in [0.15, 0.2) is 24.3 Å². The summed E-state index contributed by atoms with van der Waals surface area (Å²) in [5.74, 6) is 0.945. The van der Waals surface area contributed by atoms with E-state index in [2.05, 4.69) is 22.8 Å². The molecule has 0 amide bonds. The fourth-order valence-electron chi connectivity index (χ4n) is 1.87. The number of hydrogen-bond acceptors (Lipinski definition) is 4. The summed E-state index contributed by atoms with van der Waals surface area (Å²) in [6, 6.07) is 8.27. The summed E-state index contributed by atoms with van der Waals surface area (Å²) in [7, 11) is 1.72. The SMILES string of the molecule is COCCNCCCNCc1cccc(OC(C)C)c1. The van der Waals surface area contributed by atoms with Crippen LogP contribution in [0.1, 0.15) is 25.8 Å². The number of benzene rings is 1. The van der Waals surface area contributed by atoms with E-state index in [-0.39, 0.29) is 6.10 Å². The maximum absolute atomic E-state index is 5.69. The largest absolute Gasteiger partial charge is 0.491 e. The van der Waals surface area contributed by atoms with E-state index < -0.39 is 0 Å². The Bertz CT molecular complexity index is 356.